The fourth-order valence-corrected chi connectivity index (χ4v) is 1.83. The minimum Gasteiger partial charge on any atom is -0.358 e. The van der Waals surface area contributed by atoms with Gasteiger partial charge in [0.05, 0.1) is 0 Å². The summed E-state index contributed by atoms with van der Waals surface area (Å²) in [6.07, 6.45) is 1.54. The molecule has 1 heterocycles. The molecular weight excluding hydrogens is 240 g/mol. The smallest absolute Gasteiger partial charge is 0.358 e. The summed E-state index contributed by atoms with van der Waals surface area (Å²) in [7, 11) is 0. The minimum absolute atomic E-state index is 0.0736. The van der Waals surface area contributed by atoms with Gasteiger partial charge >= 0.3 is 5.82 Å². The summed E-state index contributed by atoms with van der Waals surface area (Å²) in [6, 6.07) is 11.3. The zero-order valence-corrected chi connectivity index (χ0v) is 11.3. The van der Waals surface area contributed by atoms with Crippen molar-refractivity contribution in [3.8, 4) is 11.1 Å². The van der Waals surface area contributed by atoms with Crippen molar-refractivity contribution in [3.63, 3.8) is 0 Å². The molecule has 19 heavy (non-hydrogen) atoms. The van der Waals surface area contributed by atoms with Gasteiger partial charge in [-0.05, 0) is 32.5 Å². The molecule has 0 saturated heterocycles. The van der Waals surface area contributed by atoms with Crippen molar-refractivity contribution in [3.05, 3.63) is 58.3 Å². The lowest BCUT2D eigenvalue weighted by atomic mass is 9.85. The fourth-order valence-electron chi connectivity index (χ4n) is 1.83. The van der Waals surface area contributed by atoms with E-state index in [1.54, 1.807) is 12.3 Å². The first-order valence-corrected chi connectivity index (χ1v) is 6.09. The average molecular weight is 256 g/mol. The maximum atomic E-state index is 10.6. The first kappa shape index (κ1) is 13.2. The van der Waals surface area contributed by atoms with Crippen molar-refractivity contribution in [2.45, 2.75) is 26.2 Å². The Hall–Kier alpha value is -2.23. The van der Waals surface area contributed by atoms with Gasteiger partial charge < -0.3 is 10.1 Å². The van der Waals surface area contributed by atoms with Crippen LogP contribution in [0.4, 0.5) is 5.82 Å². The van der Waals surface area contributed by atoms with Crippen LogP contribution >= 0.6 is 0 Å². The maximum Gasteiger partial charge on any atom is 0.363 e. The highest BCUT2D eigenvalue weighted by Gasteiger charge is 2.14. The number of hydrogen-bond acceptors (Lipinski definition) is 3. The van der Waals surface area contributed by atoms with Crippen LogP contribution in [0.3, 0.4) is 0 Å². The Bertz CT molecular complexity index is 598. The molecule has 2 rings (SSSR count). The van der Waals surface area contributed by atoms with Crippen molar-refractivity contribution in [2.75, 3.05) is 0 Å². The van der Waals surface area contributed by atoms with Crippen LogP contribution in [-0.4, -0.2) is 9.91 Å². The zero-order chi connectivity index (χ0) is 14.0. The first-order chi connectivity index (χ1) is 8.88. The van der Waals surface area contributed by atoms with Crippen molar-refractivity contribution < 1.29 is 4.92 Å². The van der Waals surface area contributed by atoms with Crippen molar-refractivity contribution >= 4 is 5.82 Å². The maximum absolute atomic E-state index is 10.6. The zero-order valence-electron chi connectivity index (χ0n) is 11.3. The Labute approximate surface area is 112 Å². The summed E-state index contributed by atoms with van der Waals surface area (Å²) in [5.41, 5.74) is 3.21. The standard InChI is InChI=1S/C15H16N2O2/c1-15(2,3)13-6-4-5-11(9-13)12-7-8-14(16-10-12)17(18)19/h4-10H,1-3H3. The number of nitrogens with zero attached hydrogens (tertiary/aromatic N) is 2. The van der Waals surface area contributed by atoms with E-state index in [9.17, 15) is 10.1 Å². The van der Waals surface area contributed by atoms with E-state index < -0.39 is 4.92 Å². The van der Waals surface area contributed by atoms with E-state index in [2.05, 4.69) is 37.9 Å². The normalized spacial score (nSPS) is 11.3. The molecule has 0 N–H and O–H groups in total. The second-order valence-electron chi connectivity index (χ2n) is 5.49. The highest BCUT2D eigenvalue weighted by Crippen LogP contribution is 2.27. The highest BCUT2D eigenvalue weighted by atomic mass is 16.6. The van der Waals surface area contributed by atoms with Crippen molar-refractivity contribution in [1.29, 1.82) is 0 Å². The van der Waals surface area contributed by atoms with Crippen LogP contribution in [0.2, 0.25) is 0 Å². The molecule has 0 aliphatic carbocycles. The number of pyridine rings is 1. The lowest BCUT2D eigenvalue weighted by Crippen LogP contribution is -2.10. The fraction of sp³-hybridized carbons (Fsp3) is 0.267. The molecule has 0 unspecified atom stereocenters. The molecule has 0 aliphatic rings. The number of benzene rings is 1. The van der Waals surface area contributed by atoms with Crippen LogP contribution in [-0.2, 0) is 5.41 Å². The molecular formula is C15H16N2O2. The molecule has 0 aliphatic heterocycles. The molecule has 0 saturated carbocycles. The first-order valence-electron chi connectivity index (χ1n) is 6.09. The van der Waals surface area contributed by atoms with Crippen LogP contribution in [0.5, 0.6) is 0 Å². The Morgan fingerprint density at radius 1 is 1.11 bits per heavy atom. The number of hydrogen-bond donors (Lipinski definition) is 0. The number of aromatic nitrogens is 1. The molecule has 2 aromatic rings. The van der Waals surface area contributed by atoms with Gasteiger partial charge in [-0.1, -0.05) is 45.0 Å². The summed E-state index contributed by atoms with van der Waals surface area (Å²) in [5, 5.41) is 10.6. The predicted octanol–water partition coefficient (Wildman–Crippen LogP) is 3.95. The summed E-state index contributed by atoms with van der Waals surface area (Å²) in [4.78, 5) is 13.9. The van der Waals surface area contributed by atoms with Crippen LogP contribution in [0.25, 0.3) is 11.1 Å². The molecule has 4 heteroatoms. The highest BCUT2D eigenvalue weighted by molar-refractivity contribution is 5.64. The molecule has 0 radical (unpaired) electrons. The van der Waals surface area contributed by atoms with Crippen LogP contribution < -0.4 is 0 Å². The Balaban J connectivity index is 2.39. The number of nitro groups is 1. The molecule has 0 atom stereocenters. The Morgan fingerprint density at radius 2 is 1.84 bits per heavy atom. The monoisotopic (exact) mass is 256 g/mol. The van der Waals surface area contributed by atoms with Crippen LogP contribution in [0.15, 0.2) is 42.6 Å². The van der Waals surface area contributed by atoms with Crippen LogP contribution in [0, 0.1) is 10.1 Å². The Morgan fingerprint density at radius 3 is 2.37 bits per heavy atom. The average Bonchev–Trinajstić information content (AvgIpc) is 2.38. The summed E-state index contributed by atoms with van der Waals surface area (Å²) >= 11 is 0. The van der Waals surface area contributed by atoms with Crippen LogP contribution in [0.1, 0.15) is 26.3 Å². The van der Waals surface area contributed by atoms with Gasteiger partial charge in [-0.15, -0.1) is 0 Å². The topological polar surface area (TPSA) is 56.0 Å². The third kappa shape index (κ3) is 2.96. The van der Waals surface area contributed by atoms with Gasteiger partial charge in [0.15, 0.2) is 0 Å². The van der Waals surface area contributed by atoms with Gasteiger partial charge in [-0.25, -0.2) is 0 Å². The minimum atomic E-state index is -0.491. The van der Waals surface area contributed by atoms with E-state index in [-0.39, 0.29) is 11.2 Å². The molecule has 0 amide bonds. The molecule has 0 spiro atoms. The van der Waals surface area contributed by atoms with Crippen molar-refractivity contribution in [1.82, 2.24) is 4.98 Å². The molecule has 1 aromatic carbocycles. The largest absolute Gasteiger partial charge is 0.363 e. The van der Waals surface area contributed by atoms with Gasteiger partial charge in [-0.2, -0.15) is 0 Å². The van der Waals surface area contributed by atoms with Gasteiger partial charge in [0.1, 0.15) is 6.20 Å². The van der Waals surface area contributed by atoms with E-state index in [1.807, 2.05) is 12.1 Å². The molecule has 0 fully saturated rings. The van der Waals surface area contributed by atoms with E-state index in [1.165, 1.54) is 11.6 Å². The molecule has 0 bridgehead atoms. The van der Waals surface area contributed by atoms with E-state index >= 15 is 0 Å². The van der Waals surface area contributed by atoms with Crippen molar-refractivity contribution in [2.24, 2.45) is 0 Å². The Kier molecular flexibility index (Phi) is 3.34. The van der Waals surface area contributed by atoms with Gasteiger partial charge in [0, 0.05) is 11.6 Å². The molecule has 98 valence electrons. The predicted molar refractivity (Wildman–Crippen MR) is 75.0 cm³/mol. The second-order valence-corrected chi connectivity index (χ2v) is 5.49. The summed E-state index contributed by atoms with van der Waals surface area (Å²) in [6.45, 7) is 6.46. The van der Waals surface area contributed by atoms with Gasteiger partial charge in [-0.3, -0.25) is 0 Å². The van der Waals surface area contributed by atoms with E-state index in [0.29, 0.717) is 0 Å². The lowest BCUT2D eigenvalue weighted by molar-refractivity contribution is -0.389. The molecule has 1 aromatic heterocycles. The third-order valence-electron chi connectivity index (χ3n) is 3.00. The SMILES string of the molecule is CC(C)(C)c1cccc(-c2ccc([N+](=O)[O-])nc2)c1. The number of rotatable bonds is 2. The van der Waals surface area contributed by atoms with Gasteiger partial charge in [0.2, 0.25) is 0 Å². The second kappa shape index (κ2) is 4.80. The summed E-state index contributed by atoms with van der Waals surface area (Å²) < 4.78 is 0. The van der Waals surface area contributed by atoms with E-state index in [4.69, 9.17) is 0 Å². The summed E-state index contributed by atoms with van der Waals surface area (Å²) in [5.74, 6) is -0.129. The van der Waals surface area contributed by atoms with E-state index in [0.717, 1.165) is 11.1 Å². The quantitative estimate of drug-likeness (QED) is 0.603. The van der Waals surface area contributed by atoms with Gasteiger partial charge in [0.25, 0.3) is 0 Å². The lowest BCUT2D eigenvalue weighted by Gasteiger charge is -2.19. The molecule has 4 nitrogen and oxygen atoms in total. The third-order valence-corrected chi connectivity index (χ3v) is 3.00.